The third-order valence-corrected chi connectivity index (χ3v) is 3.13. The zero-order valence-electron chi connectivity index (χ0n) is 10.7. The molecule has 0 aliphatic carbocycles. The van der Waals surface area contributed by atoms with E-state index in [1.807, 2.05) is 6.92 Å². The molecule has 7 heteroatoms. The fourth-order valence-electron chi connectivity index (χ4n) is 1.45. The van der Waals surface area contributed by atoms with E-state index >= 15 is 0 Å². The summed E-state index contributed by atoms with van der Waals surface area (Å²) in [6, 6.07) is 3.49. The van der Waals surface area contributed by atoms with E-state index in [1.54, 1.807) is 19.1 Å². The summed E-state index contributed by atoms with van der Waals surface area (Å²) in [6.45, 7) is 3.62. The van der Waals surface area contributed by atoms with Crippen molar-refractivity contribution in [2.75, 3.05) is 12.4 Å². The molecule has 0 saturated heterocycles. The Morgan fingerprint density at radius 1 is 1.37 bits per heavy atom. The number of aryl methyl sites for hydroxylation is 2. The maximum atomic E-state index is 12.0. The largest absolute Gasteiger partial charge is 0.467 e. The predicted octanol–water partition coefficient (Wildman–Crippen LogP) is 2.71. The van der Waals surface area contributed by atoms with Gasteiger partial charge in [0.25, 0.3) is 5.91 Å². The van der Waals surface area contributed by atoms with E-state index in [4.69, 9.17) is 9.15 Å². The lowest BCUT2D eigenvalue weighted by molar-refractivity contribution is 0.0995. The predicted molar refractivity (Wildman–Crippen MR) is 72.4 cm³/mol. The first-order valence-corrected chi connectivity index (χ1v) is 6.26. The molecule has 0 atom stereocenters. The molecule has 0 spiro atoms. The van der Waals surface area contributed by atoms with Crippen molar-refractivity contribution in [2.24, 2.45) is 0 Å². The first-order valence-electron chi connectivity index (χ1n) is 5.46. The number of hydrogen-bond acceptors (Lipinski definition) is 5. The summed E-state index contributed by atoms with van der Waals surface area (Å²) in [4.78, 5) is 20.0. The van der Waals surface area contributed by atoms with E-state index < -0.39 is 0 Å². The normalized spacial score (nSPS) is 10.3. The third-order valence-electron chi connectivity index (χ3n) is 2.34. The molecule has 0 aliphatic rings. The molecular weight excluding hydrogens is 314 g/mol. The average molecular weight is 326 g/mol. The van der Waals surface area contributed by atoms with Crippen molar-refractivity contribution in [3.8, 4) is 6.01 Å². The van der Waals surface area contributed by atoms with Crippen molar-refractivity contribution in [2.45, 2.75) is 13.8 Å². The molecule has 100 valence electrons. The third kappa shape index (κ3) is 3.11. The second-order valence-electron chi connectivity index (χ2n) is 3.90. The van der Waals surface area contributed by atoms with Gasteiger partial charge in [0.05, 0.1) is 7.11 Å². The summed E-state index contributed by atoms with van der Waals surface area (Å²) in [5, 5.41) is 2.63. The maximum Gasteiger partial charge on any atom is 0.318 e. The molecule has 2 aromatic heterocycles. The molecule has 6 nitrogen and oxygen atoms in total. The monoisotopic (exact) mass is 325 g/mol. The van der Waals surface area contributed by atoms with E-state index in [0.717, 1.165) is 5.56 Å². The van der Waals surface area contributed by atoms with Gasteiger partial charge < -0.3 is 14.5 Å². The minimum Gasteiger partial charge on any atom is -0.467 e. The Bertz CT molecular complexity index is 605. The van der Waals surface area contributed by atoms with Gasteiger partial charge in [-0.05, 0) is 35.8 Å². The fourth-order valence-corrected chi connectivity index (χ4v) is 1.74. The number of nitrogens with one attached hydrogen (secondary N) is 1. The standard InChI is InChI=1S/C12H12BrN3O3/c1-6-4-8(19-10(6)13)11(17)15-9-5-7(2)14-12(16-9)18-3/h4-5H,1-3H3,(H,14,15,16,17). The summed E-state index contributed by atoms with van der Waals surface area (Å²) < 4.78 is 10.7. The molecule has 1 amide bonds. The van der Waals surface area contributed by atoms with Crippen LogP contribution in [0.5, 0.6) is 6.01 Å². The van der Waals surface area contributed by atoms with Crippen LogP contribution < -0.4 is 10.1 Å². The van der Waals surface area contributed by atoms with Crippen molar-refractivity contribution < 1.29 is 13.9 Å². The molecule has 2 aromatic rings. The van der Waals surface area contributed by atoms with Gasteiger partial charge in [-0.2, -0.15) is 4.98 Å². The second-order valence-corrected chi connectivity index (χ2v) is 4.62. The highest BCUT2D eigenvalue weighted by Crippen LogP contribution is 2.21. The molecule has 19 heavy (non-hydrogen) atoms. The van der Waals surface area contributed by atoms with E-state index in [0.29, 0.717) is 16.2 Å². The molecule has 2 rings (SSSR count). The number of aromatic nitrogens is 2. The van der Waals surface area contributed by atoms with Crippen LogP contribution in [-0.2, 0) is 0 Å². The molecular formula is C12H12BrN3O3. The van der Waals surface area contributed by atoms with Crippen molar-refractivity contribution in [3.63, 3.8) is 0 Å². The number of halogens is 1. The summed E-state index contributed by atoms with van der Waals surface area (Å²) in [5.74, 6) is 0.188. The number of anilines is 1. The number of amides is 1. The van der Waals surface area contributed by atoms with Crippen LogP contribution in [0.15, 0.2) is 21.2 Å². The Morgan fingerprint density at radius 3 is 2.68 bits per heavy atom. The number of carbonyl (C=O) groups excluding carboxylic acids is 1. The van der Waals surface area contributed by atoms with E-state index in [9.17, 15) is 4.79 Å². The molecule has 0 bridgehead atoms. The average Bonchev–Trinajstić information content (AvgIpc) is 2.69. The van der Waals surface area contributed by atoms with Gasteiger partial charge in [0, 0.05) is 17.3 Å². The highest BCUT2D eigenvalue weighted by Gasteiger charge is 2.14. The second kappa shape index (κ2) is 5.40. The number of hydrogen-bond donors (Lipinski definition) is 1. The van der Waals surface area contributed by atoms with Crippen LogP contribution in [-0.4, -0.2) is 23.0 Å². The Morgan fingerprint density at radius 2 is 2.11 bits per heavy atom. The van der Waals surface area contributed by atoms with Gasteiger partial charge >= 0.3 is 6.01 Å². The number of rotatable bonds is 3. The molecule has 1 N–H and O–H groups in total. The minimum atomic E-state index is -0.381. The van der Waals surface area contributed by atoms with Gasteiger partial charge in [-0.25, -0.2) is 4.98 Å². The smallest absolute Gasteiger partial charge is 0.318 e. The van der Waals surface area contributed by atoms with Crippen molar-refractivity contribution >= 4 is 27.7 Å². The van der Waals surface area contributed by atoms with Crippen molar-refractivity contribution in [1.29, 1.82) is 0 Å². The van der Waals surface area contributed by atoms with Gasteiger partial charge in [0.2, 0.25) is 0 Å². The number of methoxy groups -OCH3 is 1. The van der Waals surface area contributed by atoms with Crippen LogP contribution in [0.4, 0.5) is 5.82 Å². The number of ether oxygens (including phenoxy) is 1. The Labute approximate surface area is 118 Å². The molecule has 0 aromatic carbocycles. The fraction of sp³-hybridized carbons (Fsp3) is 0.250. The van der Waals surface area contributed by atoms with Gasteiger partial charge in [0.15, 0.2) is 10.4 Å². The summed E-state index contributed by atoms with van der Waals surface area (Å²) in [7, 11) is 1.47. The van der Waals surface area contributed by atoms with E-state index in [2.05, 4.69) is 31.2 Å². The minimum absolute atomic E-state index is 0.201. The van der Waals surface area contributed by atoms with Crippen LogP contribution in [0.2, 0.25) is 0 Å². The highest BCUT2D eigenvalue weighted by atomic mass is 79.9. The first-order chi connectivity index (χ1) is 8.99. The lowest BCUT2D eigenvalue weighted by Gasteiger charge is -2.05. The zero-order chi connectivity index (χ0) is 14.0. The number of nitrogens with zero attached hydrogens (tertiary/aromatic N) is 2. The molecule has 0 fully saturated rings. The lowest BCUT2D eigenvalue weighted by Crippen LogP contribution is -2.13. The topological polar surface area (TPSA) is 77.2 Å². The van der Waals surface area contributed by atoms with Gasteiger partial charge in [-0.1, -0.05) is 0 Å². The molecule has 0 saturated carbocycles. The van der Waals surface area contributed by atoms with Crippen LogP contribution >= 0.6 is 15.9 Å². The summed E-state index contributed by atoms with van der Waals surface area (Å²) in [5.41, 5.74) is 1.54. The number of furan rings is 1. The van der Waals surface area contributed by atoms with Crippen LogP contribution in [0.3, 0.4) is 0 Å². The van der Waals surface area contributed by atoms with Crippen molar-refractivity contribution in [3.05, 3.63) is 33.8 Å². The first kappa shape index (κ1) is 13.5. The van der Waals surface area contributed by atoms with Crippen LogP contribution in [0.1, 0.15) is 21.8 Å². The van der Waals surface area contributed by atoms with Crippen LogP contribution in [0.25, 0.3) is 0 Å². The van der Waals surface area contributed by atoms with E-state index in [-0.39, 0.29) is 17.7 Å². The Hall–Kier alpha value is -1.89. The molecule has 2 heterocycles. The molecule has 0 aliphatic heterocycles. The molecule has 0 radical (unpaired) electrons. The van der Waals surface area contributed by atoms with Crippen LogP contribution in [0, 0.1) is 13.8 Å². The van der Waals surface area contributed by atoms with Crippen molar-refractivity contribution in [1.82, 2.24) is 9.97 Å². The number of carbonyl (C=O) groups is 1. The summed E-state index contributed by atoms with van der Waals surface area (Å²) >= 11 is 3.21. The highest BCUT2D eigenvalue weighted by molar-refractivity contribution is 9.10. The SMILES string of the molecule is COc1nc(C)cc(NC(=O)c2cc(C)c(Br)o2)n1. The van der Waals surface area contributed by atoms with E-state index in [1.165, 1.54) is 7.11 Å². The quantitative estimate of drug-likeness (QED) is 0.938. The Kier molecular flexibility index (Phi) is 3.84. The molecule has 0 unspecified atom stereocenters. The Balaban J connectivity index is 2.21. The lowest BCUT2D eigenvalue weighted by atomic mass is 10.3. The maximum absolute atomic E-state index is 12.0. The van der Waals surface area contributed by atoms with Gasteiger partial charge in [0.1, 0.15) is 5.82 Å². The van der Waals surface area contributed by atoms with Gasteiger partial charge in [-0.3, -0.25) is 4.79 Å². The zero-order valence-corrected chi connectivity index (χ0v) is 12.2. The van der Waals surface area contributed by atoms with Gasteiger partial charge in [-0.15, -0.1) is 0 Å². The summed E-state index contributed by atoms with van der Waals surface area (Å²) in [6.07, 6.45) is 0.